The van der Waals surface area contributed by atoms with E-state index in [1.807, 2.05) is 11.3 Å². The Morgan fingerprint density at radius 3 is 2.61 bits per heavy atom. The summed E-state index contributed by atoms with van der Waals surface area (Å²) in [7, 11) is 0. The second kappa shape index (κ2) is 3.56. The molecule has 0 saturated carbocycles. The van der Waals surface area contributed by atoms with Crippen molar-refractivity contribution in [3.8, 4) is 0 Å². The third-order valence-electron chi connectivity index (χ3n) is 3.52. The van der Waals surface area contributed by atoms with Crippen LogP contribution < -0.4 is 0 Å². The molecular formula is C17H12S. The molecule has 0 aliphatic carbocycles. The first-order chi connectivity index (χ1) is 8.83. The Hall–Kier alpha value is -1.86. The smallest absolute Gasteiger partial charge is 0.0433 e. The molecule has 0 spiro atoms. The van der Waals surface area contributed by atoms with Crippen molar-refractivity contribution in [3.05, 3.63) is 60.2 Å². The zero-order chi connectivity index (χ0) is 12.1. The molecule has 0 saturated heterocycles. The molecule has 0 nitrogen and oxygen atoms in total. The van der Waals surface area contributed by atoms with Gasteiger partial charge in [-0.25, -0.2) is 0 Å². The van der Waals surface area contributed by atoms with Crippen LogP contribution in [0.3, 0.4) is 0 Å². The van der Waals surface area contributed by atoms with Gasteiger partial charge in [0, 0.05) is 20.2 Å². The molecule has 0 fully saturated rings. The van der Waals surface area contributed by atoms with Gasteiger partial charge in [-0.2, -0.15) is 0 Å². The summed E-state index contributed by atoms with van der Waals surface area (Å²) in [6.45, 7) is 2.16. The maximum atomic E-state index is 2.29. The zero-order valence-corrected chi connectivity index (χ0v) is 10.9. The van der Waals surface area contributed by atoms with Gasteiger partial charge in [-0.3, -0.25) is 0 Å². The lowest BCUT2D eigenvalue weighted by atomic mass is 10.1. The molecule has 0 unspecified atom stereocenters. The first-order valence-electron chi connectivity index (χ1n) is 6.13. The van der Waals surface area contributed by atoms with Crippen LogP contribution in [-0.2, 0) is 0 Å². The van der Waals surface area contributed by atoms with Crippen LogP contribution in [0.1, 0.15) is 5.56 Å². The molecule has 0 amide bonds. The maximum absolute atomic E-state index is 2.29. The first-order valence-corrected chi connectivity index (χ1v) is 6.95. The van der Waals surface area contributed by atoms with E-state index in [4.69, 9.17) is 0 Å². The molecule has 18 heavy (non-hydrogen) atoms. The molecule has 0 aliphatic heterocycles. The molecule has 4 rings (SSSR count). The highest BCUT2D eigenvalue weighted by molar-refractivity contribution is 7.26. The average molecular weight is 248 g/mol. The van der Waals surface area contributed by atoms with Gasteiger partial charge >= 0.3 is 0 Å². The van der Waals surface area contributed by atoms with Crippen LogP contribution in [0.15, 0.2) is 54.6 Å². The van der Waals surface area contributed by atoms with Crippen molar-refractivity contribution in [2.45, 2.75) is 6.92 Å². The SMILES string of the molecule is Cc1ccc2sc3c4ccccc4ccc3c2c1. The molecule has 1 aromatic heterocycles. The normalized spacial score (nSPS) is 11.6. The van der Waals surface area contributed by atoms with E-state index in [9.17, 15) is 0 Å². The van der Waals surface area contributed by atoms with E-state index in [-0.39, 0.29) is 0 Å². The highest BCUT2D eigenvalue weighted by Crippen LogP contribution is 2.38. The van der Waals surface area contributed by atoms with Crippen LogP contribution in [0.4, 0.5) is 0 Å². The van der Waals surface area contributed by atoms with Gasteiger partial charge < -0.3 is 0 Å². The number of hydrogen-bond acceptors (Lipinski definition) is 1. The van der Waals surface area contributed by atoms with E-state index in [0.29, 0.717) is 0 Å². The highest BCUT2D eigenvalue weighted by atomic mass is 32.1. The van der Waals surface area contributed by atoms with Gasteiger partial charge in [0.25, 0.3) is 0 Å². The highest BCUT2D eigenvalue weighted by Gasteiger charge is 2.07. The molecule has 0 bridgehead atoms. The summed E-state index contributed by atoms with van der Waals surface area (Å²) >= 11 is 1.90. The molecular weight excluding hydrogens is 236 g/mol. The van der Waals surface area contributed by atoms with Crippen molar-refractivity contribution >= 4 is 42.3 Å². The summed E-state index contributed by atoms with van der Waals surface area (Å²) in [5, 5.41) is 5.47. The van der Waals surface area contributed by atoms with Gasteiger partial charge in [0.15, 0.2) is 0 Å². The lowest BCUT2D eigenvalue weighted by molar-refractivity contribution is 1.52. The Balaban J connectivity index is 2.30. The lowest BCUT2D eigenvalue weighted by Gasteiger charge is -1.98. The summed E-state index contributed by atoms with van der Waals surface area (Å²) in [5.41, 5.74) is 1.33. The summed E-state index contributed by atoms with van der Waals surface area (Å²) in [5.74, 6) is 0. The summed E-state index contributed by atoms with van der Waals surface area (Å²) in [6.07, 6.45) is 0. The maximum Gasteiger partial charge on any atom is 0.0433 e. The molecule has 1 heteroatoms. The van der Waals surface area contributed by atoms with Crippen LogP contribution >= 0.6 is 11.3 Å². The second-order valence-corrected chi connectivity index (χ2v) is 5.82. The van der Waals surface area contributed by atoms with Crippen molar-refractivity contribution in [2.24, 2.45) is 0 Å². The minimum atomic E-state index is 1.33. The van der Waals surface area contributed by atoms with E-state index < -0.39 is 0 Å². The van der Waals surface area contributed by atoms with Crippen molar-refractivity contribution < 1.29 is 0 Å². The summed E-state index contributed by atoms with van der Waals surface area (Å²) < 4.78 is 2.79. The predicted molar refractivity (Wildman–Crippen MR) is 81.6 cm³/mol. The van der Waals surface area contributed by atoms with Gasteiger partial charge in [-0.15, -0.1) is 11.3 Å². The number of rotatable bonds is 0. The fourth-order valence-electron chi connectivity index (χ4n) is 2.62. The van der Waals surface area contributed by atoms with Crippen LogP contribution in [-0.4, -0.2) is 0 Å². The molecule has 86 valence electrons. The Bertz CT molecular complexity index is 884. The van der Waals surface area contributed by atoms with Gasteiger partial charge in [0.1, 0.15) is 0 Å². The summed E-state index contributed by atoms with van der Waals surface area (Å²) in [6, 6.07) is 19.8. The molecule has 0 aliphatic rings. The van der Waals surface area contributed by atoms with E-state index in [0.717, 1.165) is 0 Å². The fourth-order valence-corrected chi connectivity index (χ4v) is 3.84. The Labute approximate surface area is 109 Å². The topological polar surface area (TPSA) is 0 Å². The first kappa shape index (κ1) is 10.1. The fraction of sp³-hybridized carbons (Fsp3) is 0.0588. The molecule has 1 heterocycles. The molecule has 3 aromatic carbocycles. The zero-order valence-electron chi connectivity index (χ0n) is 10.1. The standard InChI is InChI=1S/C17H12S/c1-11-6-9-16-15(10-11)14-8-7-12-4-2-3-5-13(12)17(14)18-16/h2-10H,1H3. The monoisotopic (exact) mass is 248 g/mol. The van der Waals surface area contributed by atoms with Crippen LogP contribution in [0.2, 0.25) is 0 Å². The van der Waals surface area contributed by atoms with Crippen molar-refractivity contribution in [1.82, 2.24) is 0 Å². The van der Waals surface area contributed by atoms with Gasteiger partial charge in [-0.1, -0.05) is 48.0 Å². The van der Waals surface area contributed by atoms with E-state index >= 15 is 0 Å². The average Bonchev–Trinajstić information content (AvgIpc) is 2.77. The molecule has 0 N–H and O–H groups in total. The van der Waals surface area contributed by atoms with Crippen LogP contribution in [0.5, 0.6) is 0 Å². The molecule has 0 radical (unpaired) electrons. The second-order valence-electron chi connectivity index (χ2n) is 4.77. The lowest BCUT2D eigenvalue weighted by Crippen LogP contribution is -1.73. The predicted octanol–water partition coefficient (Wildman–Crippen LogP) is 5.52. The van der Waals surface area contributed by atoms with Crippen molar-refractivity contribution in [2.75, 3.05) is 0 Å². The quantitative estimate of drug-likeness (QED) is 0.384. The number of benzene rings is 3. The van der Waals surface area contributed by atoms with E-state index in [2.05, 4.69) is 61.5 Å². The number of aryl methyl sites for hydroxylation is 1. The third-order valence-corrected chi connectivity index (χ3v) is 4.74. The molecule has 0 atom stereocenters. The van der Waals surface area contributed by atoms with E-state index in [1.165, 1.54) is 36.5 Å². The Kier molecular flexibility index (Phi) is 2.00. The van der Waals surface area contributed by atoms with Crippen LogP contribution in [0.25, 0.3) is 30.9 Å². The largest absolute Gasteiger partial charge is 0.135 e. The van der Waals surface area contributed by atoms with Gasteiger partial charge in [0.05, 0.1) is 0 Å². The van der Waals surface area contributed by atoms with Gasteiger partial charge in [-0.05, 0) is 29.8 Å². The van der Waals surface area contributed by atoms with Crippen LogP contribution in [0, 0.1) is 6.92 Å². The summed E-state index contributed by atoms with van der Waals surface area (Å²) in [4.78, 5) is 0. The number of fused-ring (bicyclic) bond motifs is 5. The minimum Gasteiger partial charge on any atom is -0.135 e. The van der Waals surface area contributed by atoms with Gasteiger partial charge in [0.2, 0.25) is 0 Å². The van der Waals surface area contributed by atoms with Crippen molar-refractivity contribution in [1.29, 1.82) is 0 Å². The Morgan fingerprint density at radius 1 is 0.778 bits per heavy atom. The van der Waals surface area contributed by atoms with Crippen molar-refractivity contribution in [3.63, 3.8) is 0 Å². The van der Waals surface area contributed by atoms with E-state index in [1.54, 1.807) is 0 Å². The third kappa shape index (κ3) is 1.31. The minimum absolute atomic E-state index is 1.33. The number of hydrogen-bond donors (Lipinski definition) is 0. The Morgan fingerprint density at radius 2 is 1.67 bits per heavy atom. The number of thiophene rings is 1. The molecule has 4 aromatic rings.